The monoisotopic (exact) mass is 343 g/mol. The van der Waals surface area contributed by atoms with E-state index in [9.17, 15) is 22.8 Å². The molecule has 24 heavy (non-hydrogen) atoms. The molecule has 10 heteroatoms. The number of rotatable bonds is 4. The Labute approximate surface area is 135 Å². The maximum atomic E-state index is 12.8. The molecule has 0 bridgehead atoms. The Hall–Kier alpha value is -2.65. The van der Waals surface area contributed by atoms with Crippen molar-refractivity contribution in [1.82, 2.24) is 24.8 Å². The number of aryl methyl sites for hydroxylation is 1. The van der Waals surface area contributed by atoms with Gasteiger partial charge in [-0.15, -0.1) is 5.10 Å². The van der Waals surface area contributed by atoms with Crippen molar-refractivity contribution in [3.05, 3.63) is 23.8 Å². The predicted molar refractivity (Wildman–Crippen MR) is 79.2 cm³/mol. The fourth-order valence-corrected chi connectivity index (χ4v) is 2.07. The lowest BCUT2D eigenvalue weighted by Gasteiger charge is -2.25. The quantitative estimate of drug-likeness (QED) is 0.832. The second-order valence-corrected chi connectivity index (χ2v) is 5.48. The normalized spacial score (nSPS) is 11.6. The van der Waals surface area contributed by atoms with Crippen molar-refractivity contribution < 1.29 is 22.8 Å². The number of aromatic nitrogens is 3. The van der Waals surface area contributed by atoms with E-state index < -0.39 is 31.1 Å². The van der Waals surface area contributed by atoms with Gasteiger partial charge in [0.25, 0.3) is 5.91 Å². The zero-order valence-corrected chi connectivity index (χ0v) is 13.3. The molecule has 2 aromatic rings. The first-order valence-corrected chi connectivity index (χ1v) is 6.94. The first-order valence-electron chi connectivity index (χ1n) is 6.94. The van der Waals surface area contributed by atoms with Gasteiger partial charge >= 0.3 is 6.18 Å². The van der Waals surface area contributed by atoms with E-state index in [1.165, 1.54) is 37.0 Å². The summed E-state index contributed by atoms with van der Waals surface area (Å²) >= 11 is 0. The van der Waals surface area contributed by atoms with Crippen LogP contribution in [0.15, 0.2) is 18.2 Å². The van der Waals surface area contributed by atoms with Crippen molar-refractivity contribution in [1.29, 1.82) is 0 Å². The van der Waals surface area contributed by atoms with Crippen molar-refractivity contribution in [2.45, 2.75) is 6.18 Å². The van der Waals surface area contributed by atoms with Crippen LogP contribution in [0.3, 0.4) is 0 Å². The van der Waals surface area contributed by atoms with Crippen LogP contribution in [0.4, 0.5) is 13.2 Å². The van der Waals surface area contributed by atoms with Crippen LogP contribution in [0.1, 0.15) is 10.4 Å². The maximum absolute atomic E-state index is 12.8. The van der Waals surface area contributed by atoms with E-state index in [0.29, 0.717) is 15.9 Å². The van der Waals surface area contributed by atoms with Crippen LogP contribution in [0.5, 0.6) is 0 Å². The first kappa shape index (κ1) is 17.7. The second kappa shape index (κ2) is 6.46. The van der Waals surface area contributed by atoms with E-state index in [0.717, 1.165) is 4.90 Å². The molecule has 0 saturated heterocycles. The lowest BCUT2D eigenvalue weighted by Crippen LogP contribution is -2.44. The van der Waals surface area contributed by atoms with Crippen molar-refractivity contribution in [3.63, 3.8) is 0 Å². The number of likely N-dealkylation sites (N-methyl/N-ethyl adjacent to an activating group) is 1. The number of hydrogen-bond acceptors (Lipinski definition) is 4. The molecule has 130 valence electrons. The molecule has 0 saturated carbocycles. The number of benzene rings is 1. The standard InChI is InChI=1S/C14H16F3N5O2/c1-20(2)12(23)7-22(8-14(15,16)17)13(24)9-4-5-10-11(6-9)21(3)19-18-10/h4-6H,7-8H2,1-3H3. The van der Waals surface area contributed by atoms with Gasteiger partial charge < -0.3 is 9.80 Å². The van der Waals surface area contributed by atoms with E-state index >= 15 is 0 Å². The highest BCUT2D eigenvalue weighted by atomic mass is 19.4. The fraction of sp³-hybridized carbons (Fsp3) is 0.429. The minimum atomic E-state index is -4.61. The molecule has 0 aliphatic heterocycles. The van der Waals surface area contributed by atoms with Crippen LogP contribution in [0.2, 0.25) is 0 Å². The smallest absolute Gasteiger partial charge is 0.347 e. The molecule has 0 unspecified atom stereocenters. The van der Waals surface area contributed by atoms with Gasteiger partial charge in [-0.3, -0.25) is 9.59 Å². The van der Waals surface area contributed by atoms with Crippen LogP contribution in [-0.4, -0.2) is 70.0 Å². The SMILES string of the molecule is CN(C)C(=O)CN(CC(F)(F)F)C(=O)c1ccc2nnn(C)c2c1. The number of nitrogens with zero attached hydrogens (tertiary/aromatic N) is 5. The number of carbonyl (C=O) groups is 2. The molecule has 0 N–H and O–H groups in total. The van der Waals surface area contributed by atoms with Gasteiger partial charge in [0.15, 0.2) is 0 Å². The van der Waals surface area contributed by atoms with Crippen molar-refractivity contribution in [2.75, 3.05) is 27.2 Å². The molecule has 7 nitrogen and oxygen atoms in total. The number of hydrogen-bond donors (Lipinski definition) is 0. The summed E-state index contributed by atoms with van der Waals surface area (Å²) in [5.74, 6) is -1.48. The summed E-state index contributed by atoms with van der Waals surface area (Å²) in [6, 6.07) is 4.26. The molecular weight excluding hydrogens is 327 g/mol. The van der Waals surface area contributed by atoms with E-state index in [1.807, 2.05) is 0 Å². The summed E-state index contributed by atoms with van der Waals surface area (Å²) in [4.78, 5) is 25.8. The van der Waals surface area contributed by atoms with Crippen molar-refractivity contribution in [3.8, 4) is 0 Å². The highest BCUT2D eigenvalue weighted by Gasteiger charge is 2.34. The molecule has 0 spiro atoms. The predicted octanol–water partition coefficient (Wildman–Crippen LogP) is 1.06. The third-order valence-corrected chi connectivity index (χ3v) is 3.34. The average molecular weight is 343 g/mol. The Morgan fingerprint density at radius 2 is 1.92 bits per heavy atom. The second-order valence-electron chi connectivity index (χ2n) is 5.48. The third-order valence-electron chi connectivity index (χ3n) is 3.34. The van der Waals surface area contributed by atoms with Crippen LogP contribution < -0.4 is 0 Å². The Morgan fingerprint density at radius 1 is 1.25 bits per heavy atom. The van der Waals surface area contributed by atoms with E-state index in [4.69, 9.17) is 0 Å². The third kappa shape index (κ3) is 4.00. The molecule has 2 rings (SSSR count). The van der Waals surface area contributed by atoms with Gasteiger partial charge in [-0.25, -0.2) is 4.68 Å². The summed E-state index contributed by atoms with van der Waals surface area (Å²) in [6.07, 6.45) is -4.61. The van der Waals surface area contributed by atoms with Crippen LogP contribution in [0.25, 0.3) is 11.0 Å². The van der Waals surface area contributed by atoms with Gasteiger partial charge in [0, 0.05) is 26.7 Å². The van der Waals surface area contributed by atoms with Gasteiger partial charge in [0.1, 0.15) is 18.6 Å². The Morgan fingerprint density at radius 3 is 2.50 bits per heavy atom. The first-order chi connectivity index (χ1) is 11.1. The highest BCUT2D eigenvalue weighted by Crippen LogP contribution is 2.20. The number of halogens is 3. The molecule has 1 heterocycles. The van der Waals surface area contributed by atoms with E-state index in [1.54, 1.807) is 7.05 Å². The molecule has 1 aromatic heterocycles. The van der Waals surface area contributed by atoms with Gasteiger partial charge in [0.05, 0.1) is 5.52 Å². The molecule has 0 fully saturated rings. The maximum Gasteiger partial charge on any atom is 0.406 e. The summed E-state index contributed by atoms with van der Waals surface area (Å²) in [5, 5.41) is 7.61. The number of alkyl halides is 3. The molecule has 0 radical (unpaired) electrons. The Kier molecular flexibility index (Phi) is 4.76. The number of fused-ring (bicyclic) bond motifs is 1. The lowest BCUT2D eigenvalue weighted by atomic mass is 10.1. The lowest BCUT2D eigenvalue weighted by molar-refractivity contribution is -0.146. The fourth-order valence-electron chi connectivity index (χ4n) is 2.07. The average Bonchev–Trinajstić information content (AvgIpc) is 2.85. The highest BCUT2D eigenvalue weighted by molar-refractivity contribution is 5.99. The zero-order valence-electron chi connectivity index (χ0n) is 13.3. The van der Waals surface area contributed by atoms with Crippen LogP contribution >= 0.6 is 0 Å². The largest absolute Gasteiger partial charge is 0.406 e. The van der Waals surface area contributed by atoms with Crippen LogP contribution in [-0.2, 0) is 11.8 Å². The Bertz CT molecular complexity index is 769. The minimum absolute atomic E-state index is 0.0312. The Balaban J connectivity index is 2.33. The molecule has 2 amide bonds. The molecule has 0 aliphatic rings. The van der Waals surface area contributed by atoms with Gasteiger partial charge in [-0.05, 0) is 18.2 Å². The topological polar surface area (TPSA) is 71.3 Å². The van der Waals surface area contributed by atoms with Gasteiger partial charge in [-0.1, -0.05) is 5.21 Å². The van der Waals surface area contributed by atoms with E-state index in [2.05, 4.69) is 10.3 Å². The summed E-state index contributed by atoms with van der Waals surface area (Å²) in [6.45, 7) is -2.17. The summed E-state index contributed by atoms with van der Waals surface area (Å²) in [7, 11) is 4.42. The van der Waals surface area contributed by atoms with Crippen LogP contribution in [0, 0.1) is 0 Å². The summed E-state index contributed by atoms with van der Waals surface area (Å²) < 4.78 is 39.7. The van der Waals surface area contributed by atoms with Gasteiger partial charge in [0.2, 0.25) is 5.91 Å². The molecular formula is C14H16F3N5O2. The molecule has 0 aliphatic carbocycles. The van der Waals surface area contributed by atoms with E-state index in [-0.39, 0.29) is 5.56 Å². The van der Waals surface area contributed by atoms with Crippen molar-refractivity contribution >= 4 is 22.8 Å². The number of carbonyl (C=O) groups excluding carboxylic acids is 2. The van der Waals surface area contributed by atoms with Crippen molar-refractivity contribution in [2.24, 2.45) is 7.05 Å². The minimum Gasteiger partial charge on any atom is -0.347 e. The molecule has 0 atom stereocenters. The van der Waals surface area contributed by atoms with Gasteiger partial charge in [-0.2, -0.15) is 13.2 Å². The molecule has 1 aromatic carbocycles. The number of amides is 2. The zero-order chi connectivity index (χ0) is 18.1. The summed E-state index contributed by atoms with van der Waals surface area (Å²) in [5.41, 5.74) is 1.05.